The molecular formula is C18H19N3S. The minimum atomic E-state index is 0.936. The fourth-order valence-corrected chi connectivity index (χ4v) is 4.12. The first-order valence-corrected chi connectivity index (χ1v) is 8.63. The third kappa shape index (κ3) is 2.38. The largest absolute Gasteiger partial charge is 0.385 e. The van der Waals surface area contributed by atoms with Gasteiger partial charge < -0.3 is 10.6 Å². The van der Waals surface area contributed by atoms with Crippen LogP contribution in [0.4, 0.5) is 5.69 Å². The maximum atomic E-state index is 4.86. The predicted octanol–water partition coefficient (Wildman–Crippen LogP) is 4.04. The van der Waals surface area contributed by atoms with Gasteiger partial charge in [0, 0.05) is 24.3 Å². The molecule has 4 rings (SSSR count). The Hall–Kier alpha value is -1.91. The minimum Gasteiger partial charge on any atom is -0.385 e. The van der Waals surface area contributed by atoms with Crippen molar-refractivity contribution in [3.05, 3.63) is 47.5 Å². The lowest BCUT2D eigenvalue weighted by Gasteiger charge is -2.21. The first-order valence-electron chi connectivity index (χ1n) is 7.81. The zero-order chi connectivity index (χ0) is 14.9. The summed E-state index contributed by atoms with van der Waals surface area (Å²) in [6.45, 7) is 5.07. The maximum absolute atomic E-state index is 4.86. The number of anilines is 1. The van der Waals surface area contributed by atoms with Gasteiger partial charge in [0.05, 0.1) is 10.2 Å². The molecule has 112 valence electrons. The highest BCUT2D eigenvalue weighted by Crippen LogP contribution is 2.36. The topological polar surface area (TPSA) is 37.0 Å². The molecule has 0 amide bonds. The zero-order valence-corrected chi connectivity index (χ0v) is 13.5. The van der Waals surface area contributed by atoms with Crippen LogP contribution in [-0.2, 0) is 13.0 Å². The number of nitrogens with zero attached hydrogens (tertiary/aromatic N) is 1. The summed E-state index contributed by atoms with van der Waals surface area (Å²) in [5.41, 5.74) is 6.45. The molecule has 3 aromatic rings. The van der Waals surface area contributed by atoms with E-state index in [1.54, 1.807) is 11.3 Å². The van der Waals surface area contributed by atoms with Gasteiger partial charge >= 0.3 is 0 Å². The predicted molar refractivity (Wildman–Crippen MR) is 94.6 cm³/mol. The average Bonchev–Trinajstić information content (AvgIpc) is 2.98. The van der Waals surface area contributed by atoms with Gasteiger partial charge in [0.15, 0.2) is 0 Å². The van der Waals surface area contributed by atoms with E-state index in [1.807, 2.05) is 0 Å². The number of para-hydroxylation sites is 1. The van der Waals surface area contributed by atoms with Gasteiger partial charge in [-0.25, -0.2) is 4.98 Å². The van der Waals surface area contributed by atoms with E-state index in [-0.39, 0.29) is 0 Å². The van der Waals surface area contributed by atoms with Crippen LogP contribution in [0.1, 0.15) is 18.1 Å². The molecule has 0 bridgehead atoms. The van der Waals surface area contributed by atoms with Crippen molar-refractivity contribution < 1.29 is 0 Å². The van der Waals surface area contributed by atoms with Crippen molar-refractivity contribution in [1.29, 1.82) is 0 Å². The Bertz CT molecular complexity index is 789. The number of rotatable bonds is 3. The summed E-state index contributed by atoms with van der Waals surface area (Å²) in [5, 5.41) is 8.06. The number of hydrogen-bond acceptors (Lipinski definition) is 4. The monoisotopic (exact) mass is 309 g/mol. The third-order valence-electron chi connectivity index (χ3n) is 4.11. The lowest BCUT2D eigenvalue weighted by molar-refractivity contribution is 0.645. The molecule has 0 unspecified atom stereocenters. The molecule has 0 saturated heterocycles. The first-order chi connectivity index (χ1) is 10.8. The smallest absolute Gasteiger partial charge is 0.124 e. The van der Waals surface area contributed by atoms with Crippen LogP contribution in [-0.4, -0.2) is 18.1 Å². The van der Waals surface area contributed by atoms with Crippen LogP contribution in [0.15, 0.2) is 36.4 Å². The van der Waals surface area contributed by atoms with Crippen LogP contribution < -0.4 is 10.6 Å². The van der Waals surface area contributed by atoms with Crippen molar-refractivity contribution in [2.75, 3.05) is 18.4 Å². The van der Waals surface area contributed by atoms with Crippen molar-refractivity contribution in [1.82, 2.24) is 10.3 Å². The Morgan fingerprint density at radius 2 is 2.18 bits per heavy atom. The molecule has 1 aliphatic rings. The molecule has 4 heteroatoms. The van der Waals surface area contributed by atoms with E-state index in [1.165, 1.54) is 27.1 Å². The number of fused-ring (bicyclic) bond motifs is 2. The van der Waals surface area contributed by atoms with Crippen LogP contribution in [0, 0.1) is 0 Å². The van der Waals surface area contributed by atoms with Gasteiger partial charge in [0.2, 0.25) is 0 Å². The van der Waals surface area contributed by atoms with E-state index in [0.29, 0.717) is 0 Å². The van der Waals surface area contributed by atoms with Crippen LogP contribution in [0.3, 0.4) is 0 Å². The molecule has 2 aromatic carbocycles. The highest BCUT2D eigenvalue weighted by Gasteiger charge is 2.18. The number of hydrogen-bond donors (Lipinski definition) is 2. The molecule has 0 saturated carbocycles. The van der Waals surface area contributed by atoms with E-state index in [9.17, 15) is 0 Å². The van der Waals surface area contributed by atoms with E-state index < -0.39 is 0 Å². The van der Waals surface area contributed by atoms with Gasteiger partial charge in [0.25, 0.3) is 0 Å². The van der Waals surface area contributed by atoms with Gasteiger partial charge in [0.1, 0.15) is 5.01 Å². The molecule has 0 fully saturated rings. The van der Waals surface area contributed by atoms with Crippen LogP contribution in [0.2, 0.25) is 0 Å². The molecule has 2 heterocycles. The Morgan fingerprint density at radius 3 is 3.05 bits per heavy atom. The fourth-order valence-electron chi connectivity index (χ4n) is 3.11. The maximum Gasteiger partial charge on any atom is 0.124 e. The van der Waals surface area contributed by atoms with Crippen LogP contribution in [0.25, 0.3) is 20.8 Å². The molecular weight excluding hydrogens is 290 g/mol. The summed E-state index contributed by atoms with van der Waals surface area (Å²) in [6, 6.07) is 12.9. The van der Waals surface area contributed by atoms with Crippen molar-refractivity contribution in [2.45, 2.75) is 19.9 Å². The zero-order valence-electron chi connectivity index (χ0n) is 12.6. The highest BCUT2D eigenvalue weighted by molar-refractivity contribution is 7.21. The summed E-state index contributed by atoms with van der Waals surface area (Å²) in [5.74, 6) is 0. The van der Waals surface area contributed by atoms with Gasteiger partial charge in [-0.3, -0.25) is 0 Å². The Balaban J connectivity index is 1.90. The normalized spacial score (nSPS) is 14.0. The highest BCUT2D eigenvalue weighted by atomic mass is 32.1. The number of thiazole rings is 1. The van der Waals surface area contributed by atoms with E-state index in [2.05, 4.69) is 54.0 Å². The summed E-state index contributed by atoms with van der Waals surface area (Å²) in [7, 11) is 0. The Labute approximate surface area is 134 Å². The second kappa shape index (κ2) is 5.71. The standard InChI is InChI=1S/C18H19N3S/c1-2-20-13-9-12-11-19-8-7-14(12)15(10-13)18-21-16-5-3-4-6-17(16)22-18/h3-6,9-10,19-20H,2,7-8,11H2,1H3. The molecule has 0 atom stereocenters. The van der Waals surface area contributed by atoms with Crippen LogP contribution in [0.5, 0.6) is 0 Å². The minimum absolute atomic E-state index is 0.936. The lowest BCUT2D eigenvalue weighted by Crippen LogP contribution is -2.24. The molecule has 0 aliphatic carbocycles. The lowest BCUT2D eigenvalue weighted by atomic mass is 9.94. The SMILES string of the molecule is CCNc1cc2c(c(-c3nc4ccccc4s3)c1)CCNC2. The Morgan fingerprint density at radius 1 is 1.27 bits per heavy atom. The summed E-state index contributed by atoms with van der Waals surface area (Å²) in [4.78, 5) is 4.86. The van der Waals surface area contributed by atoms with E-state index in [0.717, 1.165) is 36.6 Å². The van der Waals surface area contributed by atoms with Crippen molar-refractivity contribution in [2.24, 2.45) is 0 Å². The number of benzene rings is 2. The van der Waals surface area contributed by atoms with E-state index >= 15 is 0 Å². The summed E-state index contributed by atoms with van der Waals surface area (Å²) in [6.07, 6.45) is 1.08. The average molecular weight is 309 g/mol. The van der Waals surface area contributed by atoms with Crippen molar-refractivity contribution >= 4 is 27.2 Å². The Kier molecular flexibility index (Phi) is 3.56. The van der Waals surface area contributed by atoms with Crippen LogP contribution >= 0.6 is 11.3 Å². The third-order valence-corrected chi connectivity index (χ3v) is 5.18. The summed E-state index contributed by atoms with van der Waals surface area (Å²) < 4.78 is 1.26. The second-order valence-electron chi connectivity index (χ2n) is 5.61. The van der Waals surface area contributed by atoms with Gasteiger partial charge in [-0.15, -0.1) is 11.3 Å². The van der Waals surface area contributed by atoms with Crippen molar-refractivity contribution in [3.8, 4) is 10.6 Å². The first kappa shape index (κ1) is 13.7. The van der Waals surface area contributed by atoms with Gasteiger partial charge in [-0.1, -0.05) is 12.1 Å². The van der Waals surface area contributed by atoms with Gasteiger partial charge in [-0.05, 0) is 55.3 Å². The molecule has 1 aliphatic heterocycles. The van der Waals surface area contributed by atoms with E-state index in [4.69, 9.17) is 4.98 Å². The molecule has 2 N–H and O–H groups in total. The molecule has 1 aromatic heterocycles. The molecule has 0 radical (unpaired) electrons. The molecule has 22 heavy (non-hydrogen) atoms. The second-order valence-corrected chi connectivity index (χ2v) is 6.64. The number of nitrogens with one attached hydrogen (secondary N) is 2. The molecule has 0 spiro atoms. The fraction of sp³-hybridized carbons (Fsp3) is 0.278. The molecule has 3 nitrogen and oxygen atoms in total. The van der Waals surface area contributed by atoms with Gasteiger partial charge in [-0.2, -0.15) is 0 Å². The van der Waals surface area contributed by atoms with Crippen molar-refractivity contribution in [3.63, 3.8) is 0 Å². The number of aromatic nitrogens is 1. The summed E-state index contributed by atoms with van der Waals surface area (Å²) >= 11 is 1.79. The quantitative estimate of drug-likeness (QED) is 0.766.